The fourth-order valence-electron chi connectivity index (χ4n) is 1.72. The first-order valence-corrected chi connectivity index (χ1v) is 5.23. The first-order valence-electron chi connectivity index (χ1n) is 5.23. The van der Waals surface area contributed by atoms with Gasteiger partial charge in [-0.15, -0.1) is 0 Å². The van der Waals surface area contributed by atoms with Crippen LogP contribution in [0.25, 0.3) is 0 Å². The summed E-state index contributed by atoms with van der Waals surface area (Å²) in [5.41, 5.74) is -2.37. The number of carboxylic acids is 2. The van der Waals surface area contributed by atoms with Crippen molar-refractivity contribution in [3.05, 3.63) is 35.9 Å². The van der Waals surface area contributed by atoms with Crippen LogP contribution in [0.2, 0.25) is 0 Å². The first-order chi connectivity index (χ1) is 8.31. The number of benzene rings is 1. The topological polar surface area (TPSA) is 115 Å². The van der Waals surface area contributed by atoms with Gasteiger partial charge in [0.2, 0.25) is 5.60 Å². The molecule has 0 saturated heterocycles. The van der Waals surface area contributed by atoms with Crippen molar-refractivity contribution in [3.63, 3.8) is 0 Å². The zero-order chi connectivity index (χ0) is 13.9. The summed E-state index contributed by atoms with van der Waals surface area (Å²) in [5, 5.41) is 37.1. The lowest BCUT2D eigenvalue weighted by atomic mass is 9.79. The Morgan fingerprint density at radius 3 is 2.06 bits per heavy atom. The highest BCUT2D eigenvalue weighted by Crippen LogP contribution is 2.31. The number of carbonyl (C=O) groups is 2. The molecule has 0 fully saturated rings. The van der Waals surface area contributed by atoms with Gasteiger partial charge < -0.3 is 20.4 Å². The standard InChI is InChI=1S/C12H14O6/c1-7(8-5-3-2-4-6-8)12(18,11(16)17)9(13)10(14)15/h2-7,9,13,18H,1H3,(H,14,15)(H,16,17). The lowest BCUT2D eigenvalue weighted by Gasteiger charge is -2.32. The number of carboxylic acid groups (broad SMARTS) is 2. The van der Waals surface area contributed by atoms with E-state index in [1.807, 2.05) is 0 Å². The predicted molar refractivity (Wildman–Crippen MR) is 61.1 cm³/mol. The van der Waals surface area contributed by atoms with E-state index < -0.39 is 29.6 Å². The second-order valence-corrected chi connectivity index (χ2v) is 4.00. The van der Waals surface area contributed by atoms with Crippen LogP contribution in [0.15, 0.2) is 30.3 Å². The Hall–Kier alpha value is -1.92. The number of aliphatic carboxylic acids is 2. The van der Waals surface area contributed by atoms with E-state index in [0.29, 0.717) is 5.56 Å². The van der Waals surface area contributed by atoms with Crippen molar-refractivity contribution in [2.45, 2.75) is 24.5 Å². The maximum atomic E-state index is 11.1. The molecule has 3 atom stereocenters. The summed E-state index contributed by atoms with van der Waals surface area (Å²) in [6, 6.07) is 8.05. The number of hydrogen-bond acceptors (Lipinski definition) is 4. The Kier molecular flexibility index (Phi) is 4.05. The molecule has 0 aromatic heterocycles. The average Bonchev–Trinajstić information content (AvgIpc) is 2.36. The van der Waals surface area contributed by atoms with Gasteiger partial charge in [-0.1, -0.05) is 37.3 Å². The predicted octanol–water partition coefficient (Wildman–Crippen LogP) is 0.0513. The molecule has 6 heteroatoms. The Labute approximate surface area is 103 Å². The van der Waals surface area contributed by atoms with Crippen LogP contribution in [0.1, 0.15) is 18.4 Å². The molecule has 0 spiro atoms. The first kappa shape index (κ1) is 14.1. The van der Waals surface area contributed by atoms with Gasteiger partial charge in [0.15, 0.2) is 6.10 Å². The van der Waals surface area contributed by atoms with Crippen LogP contribution in [-0.2, 0) is 9.59 Å². The molecule has 98 valence electrons. The van der Waals surface area contributed by atoms with Gasteiger partial charge in [-0.2, -0.15) is 0 Å². The maximum Gasteiger partial charge on any atom is 0.339 e. The number of rotatable bonds is 5. The smallest absolute Gasteiger partial charge is 0.339 e. The van der Waals surface area contributed by atoms with E-state index in [1.165, 1.54) is 6.92 Å². The van der Waals surface area contributed by atoms with Crippen molar-refractivity contribution >= 4 is 11.9 Å². The molecule has 0 aliphatic heterocycles. The summed E-state index contributed by atoms with van der Waals surface area (Å²) >= 11 is 0. The summed E-state index contributed by atoms with van der Waals surface area (Å²) in [7, 11) is 0. The van der Waals surface area contributed by atoms with Gasteiger partial charge in [0, 0.05) is 5.92 Å². The summed E-state index contributed by atoms with van der Waals surface area (Å²) < 4.78 is 0. The molecule has 1 aromatic rings. The van der Waals surface area contributed by atoms with Gasteiger partial charge in [0.05, 0.1) is 0 Å². The fraction of sp³-hybridized carbons (Fsp3) is 0.333. The van der Waals surface area contributed by atoms with Crippen molar-refractivity contribution in [2.24, 2.45) is 0 Å². The van der Waals surface area contributed by atoms with Gasteiger partial charge in [-0.3, -0.25) is 0 Å². The second-order valence-electron chi connectivity index (χ2n) is 4.00. The highest BCUT2D eigenvalue weighted by atomic mass is 16.4. The largest absolute Gasteiger partial charge is 0.479 e. The van der Waals surface area contributed by atoms with Gasteiger partial charge in [-0.25, -0.2) is 9.59 Å². The molecule has 0 aliphatic carbocycles. The molecule has 0 aliphatic rings. The molecule has 6 nitrogen and oxygen atoms in total. The van der Waals surface area contributed by atoms with Crippen molar-refractivity contribution in [3.8, 4) is 0 Å². The average molecular weight is 254 g/mol. The number of hydrogen-bond donors (Lipinski definition) is 4. The highest BCUT2D eigenvalue weighted by Gasteiger charge is 2.52. The van der Waals surface area contributed by atoms with E-state index in [0.717, 1.165) is 0 Å². The third-order valence-corrected chi connectivity index (χ3v) is 2.95. The lowest BCUT2D eigenvalue weighted by molar-refractivity contribution is -0.186. The number of aliphatic hydroxyl groups is 2. The van der Waals surface area contributed by atoms with Crippen LogP contribution >= 0.6 is 0 Å². The highest BCUT2D eigenvalue weighted by molar-refractivity contribution is 5.88. The quantitative estimate of drug-likeness (QED) is 0.590. The zero-order valence-electron chi connectivity index (χ0n) is 9.65. The molecule has 0 saturated carbocycles. The van der Waals surface area contributed by atoms with E-state index in [4.69, 9.17) is 10.2 Å². The molecule has 0 amide bonds. The van der Waals surface area contributed by atoms with Crippen LogP contribution < -0.4 is 0 Å². The van der Waals surface area contributed by atoms with Crippen molar-refractivity contribution < 1.29 is 30.0 Å². The van der Waals surface area contributed by atoms with E-state index in [-0.39, 0.29) is 0 Å². The Balaban J connectivity index is 3.21. The number of aliphatic hydroxyl groups excluding tert-OH is 1. The molecular weight excluding hydrogens is 240 g/mol. The summed E-state index contributed by atoms with van der Waals surface area (Å²) in [5.74, 6) is -4.65. The van der Waals surface area contributed by atoms with Crippen LogP contribution in [0.5, 0.6) is 0 Å². The maximum absolute atomic E-state index is 11.1. The van der Waals surface area contributed by atoms with Gasteiger partial charge in [0.25, 0.3) is 0 Å². The zero-order valence-corrected chi connectivity index (χ0v) is 9.65. The summed E-state index contributed by atoms with van der Waals surface area (Å²) in [6.45, 7) is 1.34. The molecule has 1 rings (SSSR count). The minimum absolute atomic E-state index is 0.419. The van der Waals surface area contributed by atoms with Crippen LogP contribution in [0.3, 0.4) is 0 Å². The second kappa shape index (κ2) is 5.16. The molecular formula is C12H14O6. The van der Waals surface area contributed by atoms with Crippen LogP contribution in [0.4, 0.5) is 0 Å². The fourth-order valence-corrected chi connectivity index (χ4v) is 1.72. The molecule has 4 N–H and O–H groups in total. The molecule has 3 unspecified atom stereocenters. The van der Waals surface area contributed by atoms with E-state index in [2.05, 4.69) is 0 Å². The van der Waals surface area contributed by atoms with Crippen molar-refractivity contribution in [2.75, 3.05) is 0 Å². The van der Waals surface area contributed by atoms with E-state index in [1.54, 1.807) is 30.3 Å². The SMILES string of the molecule is CC(c1ccccc1)C(O)(C(=O)O)C(O)C(=O)O. The Morgan fingerprint density at radius 1 is 1.17 bits per heavy atom. The third kappa shape index (κ3) is 2.34. The van der Waals surface area contributed by atoms with E-state index in [9.17, 15) is 19.8 Å². The molecule has 0 radical (unpaired) electrons. The minimum atomic E-state index is -2.78. The normalized spacial score (nSPS) is 17.5. The molecule has 1 aromatic carbocycles. The van der Waals surface area contributed by atoms with Crippen LogP contribution in [-0.4, -0.2) is 44.1 Å². The monoisotopic (exact) mass is 254 g/mol. The van der Waals surface area contributed by atoms with Crippen molar-refractivity contribution in [1.29, 1.82) is 0 Å². The van der Waals surface area contributed by atoms with Gasteiger partial charge in [0.1, 0.15) is 0 Å². The molecule has 18 heavy (non-hydrogen) atoms. The van der Waals surface area contributed by atoms with Crippen molar-refractivity contribution in [1.82, 2.24) is 0 Å². The summed E-state index contributed by atoms with van der Waals surface area (Å²) in [6.07, 6.45) is -2.41. The van der Waals surface area contributed by atoms with Gasteiger partial charge in [-0.05, 0) is 5.56 Å². The van der Waals surface area contributed by atoms with Crippen LogP contribution in [0, 0.1) is 0 Å². The Morgan fingerprint density at radius 2 is 1.67 bits per heavy atom. The molecule has 0 heterocycles. The Bertz CT molecular complexity index is 443. The summed E-state index contributed by atoms with van der Waals surface area (Å²) in [4.78, 5) is 21.8. The lowest BCUT2D eigenvalue weighted by Crippen LogP contribution is -2.56. The third-order valence-electron chi connectivity index (χ3n) is 2.95. The van der Waals surface area contributed by atoms with E-state index >= 15 is 0 Å². The minimum Gasteiger partial charge on any atom is -0.479 e. The van der Waals surface area contributed by atoms with Gasteiger partial charge >= 0.3 is 11.9 Å². The molecule has 0 bridgehead atoms.